The van der Waals surface area contributed by atoms with Gasteiger partial charge in [-0.05, 0) is 70.8 Å². The number of hydrogen-bond acceptors (Lipinski definition) is 7. The molecule has 1 fully saturated rings. The molecule has 188 valence electrons. The van der Waals surface area contributed by atoms with Crippen LogP contribution in [-0.4, -0.2) is 47.6 Å². The van der Waals surface area contributed by atoms with Crippen LogP contribution in [0.2, 0.25) is 0 Å². The van der Waals surface area contributed by atoms with E-state index in [1.165, 1.54) is 0 Å². The van der Waals surface area contributed by atoms with Crippen LogP contribution in [0.1, 0.15) is 17.5 Å². The third kappa shape index (κ3) is 4.26. The Morgan fingerprint density at radius 3 is 2.22 bits per heavy atom. The van der Waals surface area contributed by atoms with Crippen molar-refractivity contribution in [2.24, 2.45) is 0 Å². The monoisotopic (exact) mass is 516 g/mol. The molecule has 3 unspecified atom stereocenters. The second-order valence-electron chi connectivity index (χ2n) is 8.96. The molecule has 1 N–H and O–H groups in total. The number of phenols is 1. The maximum Gasteiger partial charge on any atom is 0.315 e. The van der Waals surface area contributed by atoms with E-state index in [0.717, 1.165) is 28.0 Å². The Morgan fingerprint density at radius 1 is 0.919 bits per heavy atom. The molecule has 2 aliphatic rings. The highest BCUT2D eigenvalue weighted by molar-refractivity contribution is 7.87. The zero-order valence-corrected chi connectivity index (χ0v) is 20.7. The number of hydrogen-bond donors (Lipinski definition) is 1. The SMILES string of the molecule is COc1ccc(OS(=O)(=O)C2CC3OC2C(c2ccc(-n4ccnc4)cc2)=C3c2ccc(O)cc2)cc1. The predicted molar refractivity (Wildman–Crippen MR) is 138 cm³/mol. The van der Waals surface area contributed by atoms with Crippen LogP contribution in [0.15, 0.2) is 91.5 Å². The number of methoxy groups -OCH3 is 1. The molecule has 9 heteroatoms. The van der Waals surface area contributed by atoms with E-state index in [-0.39, 0.29) is 17.9 Å². The van der Waals surface area contributed by atoms with Crippen molar-refractivity contribution in [1.29, 1.82) is 0 Å². The van der Waals surface area contributed by atoms with E-state index in [1.807, 2.05) is 47.2 Å². The van der Waals surface area contributed by atoms with E-state index < -0.39 is 27.6 Å². The summed E-state index contributed by atoms with van der Waals surface area (Å²) in [4.78, 5) is 4.09. The Kier molecular flexibility index (Phi) is 5.73. The summed E-state index contributed by atoms with van der Waals surface area (Å²) in [6.45, 7) is 0. The number of imidazole rings is 1. The minimum atomic E-state index is -4.01. The molecule has 8 nitrogen and oxygen atoms in total. The van der Waals surface area contributed by atoms with Gasteiger partial charge in [0, 0.05) is 24.5 Å². The van der Waals surface area contributed by atoms with Gasteiger partial charge in [0.05, 0.1) is 19.5 Å². The minimum absolute atomic E-state index is 0.160. The molecule has 4 aromatic rings. The molecule has 1 saturated heterocycles. The molecule has 3 aromatic carbocycles. The highest BCUT2D eigenvalue weighted by Crippen LogP contribution is 2.51. The van der Waals surface area contributed by atoms with Crippen molar-refractivity contribution in [3.8, 4) is 22.9 Å². The lowest BCUT2D eigenvalue weighted by Crippen LogP contribution is -2.35. The van der Waals surface area contributed by atoms with Crippen molar-refractivity contribution in [3.63, 3.8) is 0 Å². The summed E-state index contributed by atoms with van der Waals surface area (Å²) in [5, 5.41) is 8.93. The van der Waals surface area contributed by atoms with Crippen LogP contribution in [0.25, 0.3) is 16.8 Å². The first-order chi connectivity index (χ1) is 17.9. The van der Waals surface area contributed by atoms with Crippen molar-refractivity contribution < 1.29 is 27.2 Å². The molecule has 2 bridgehead atoms. The molecule has 2 aliphatic heterocycles. The fourth-order valence-corrected chi connectivity index (χ4v) is 6.46. The summed E-state index contributed by atoms with van der Waals surface area (Å²) in [5.41, 5.74) is 4.42. The van der Waals surface area contributed by atoms with Crippen LogP contribution in [0.5, 0.6) is 17.2 Å². The normalized spacial score (nSPS) is 20.8. The van der Waals surface area contributed by atoms with Crippen LogP contribution in [0.4, 0.5) is 0 Å². The lowest BCUT2D eigenvalue weighted by molar-refractivity contribution is 0.128. The van der Waals surface area contributed by atoms with Crippen LogP contribution < -0.4 is 8.92 Å². The van der Waals surface area contributed by atoms with Gasteiger partial charge in [-0.15, -0.1) is 0 Å². The number of ether oxygens (including phenoxy) is 2. The largest absolute Gasteiger partial charge is 0.508 e. The molecule has 1 aromatic heterocycles. The van der Waals surface area contributed by atoms with Crippen LogP contribution in [0, 0.1) is 0 Å². The van der Waals surface area contributed by atoms with Gasteiger partial charge < -0.3 is 23.3 Å². The molecule has 0 spiro atoms. The highest BCUT2D eigenvalue weighted by atomic mass is 32.2. The predicted octanol–water partition coefficient (Wildman–Crippen LogP) is 4.45. The standard InChI is InChI=1S/C28H24N2O6S/c1-34-22-10-12-23(13-11-22)36-37(32,33)25-16-24-26(18-4-8-21(31)9-5-18)27(28(25)35-24)19-2-6-20(7-3-19)30-15-14-29-17-30/h2-15,17,24-25,28,31H,16H2,1H3. The third-order valence-electron chi connectivity index (χ3n) is 6.79. The molecular weight excluding hydrogens is 492 g/mol. The number of aromatic hydroxyl groups is 1. The van der Waals surface area contributed by atoms with E-state index in [9.17, 15) is 13.5 Å². The molecule has 3 atom stereocenters. The maximum absolute atomic E-state index is 13.4. The van der Waals surface area contributed by atoms with E-state index in [1.54, 1.807) is 56.0 Å². The van der Waals surface area contributed by atoms with E-state index >= 15 is 0 Å². The lowest BCUT2D eigenvalue weighted by atomic mass is 9.83. The van der Waals surface area contributed by atoms with Gasteiger partial charge in [-0.1, -0.05) is 24.3 Å². The molecule has 0 saturated carbocycles. The van der Waals surface area contributed by atoms with Gasteiger partial charge in [-0.3, -0.25) is 0 Å². The first kappa shape index (κ1) is 23.3. The van der Waals surface area contributed by atoms with E-state index in [2.05, 4.69) is 4.98 Å². The zero-order chi connectivity index (χ0) is 25.6. The van der Waals surface area contributed by atoms with Gasteiger partial charge in [0.25, 0.3) is 0 Å². The van der Waals surface area contributed by atoms with Crippen molar-refractivity contribution >= 4 is 21.3 Å². The molecule has 0 aliphatic carbocycles. The summed E-state index contributed by atoms with van der Waals surface area (Å²) in [6.07, 6.45) is 4.44. The molecule has 6 rings (SSSR count). The van der Waals surface area contributed by atoms with Gasteiger partial charge in [0.2, 0.25) is 0 Å². The van der Waals surface area contributed by atoms with Crippen LogP contribution >= 0.6 is 0 Å². The number of rotatable bonds is 7. The number of benzene rings is 3. The number of aromatic nitrogens is 2. The molecule has 37 heavy (non-hydrogen) atoms. The number of phenolic OH excluding ortho intramolecular Hbond substituents is 1. The van der Waals surface area contributed by atoms with Crippen molar-refractivity contribution in [2.45, 2.75) is 23.9 Å². The zero-order valence-electron chi connectivity index (χ0n) is 19.9. The summed E-state index contributed by atoms with van der Waals surface area (Å²) < 4.78 is 45.7. The van der Waals surface area contributed by atoms with E-state index in [4.69, 9.17) is 13.7 Å². The second kappa shape index (κ2) is 9.10. The summed E-state index contributed by atoms with van der Waals surface area (Å²) in [6, 6.07) is 21.2. The number of nitrogens with zero attached hydrogens (tertiary/aromatic N) is 2. The molecule has 0 amide bonds. The number of fused-ring (bicyclic) bond motifs is 2. The molecule has 3 heterocycles. The van der Waals surface area contributed by atoms with Crippen LogP contribution in [0.3, 0.4) is 0 Å². The van der Waals surface area contributed by atoms with Crippen molar-refractivity contribution in [1.82, 2.24) is 9.55 Å². The summed E-state index contributed by atoms with van der Waals surface area (Å²) >= 11 is 0. The molecule has 0 radical (unpaired) electrons. The van der Waals surface area contributed by atoms with Gasteiger partial charge in [0.15, 0.2) is 0 Å². The summed E-state index contributed by atoms with van der Waals surface area (Å²) in [7, 11) is -2.47. The lowest BCUT2D eigenvalue weighted by Gasteiger charge is -2.25. The van der Waals surface area contributed by atoms with Crippen molar-refractivity contribution in [2.75, 3.05) is 7.11 Å². The van der Waals surface area contributed by atoms with Gasteiger partial charge in [0.1, 0.15) is 28.6 Å². The minimum Gasteiger partial charge on any atom is -0.508 e. The topological polar surface area (TPSA) is 99.9 Å². The van der Waals surface area contributed by atoms with Gasteiger partial charge in [-0.2, -0.15) is 8.42 Å². The Bertz CT molecular complexity index is 1540. The first-order valence-corrected chi connectivity index (χ1v) is 13.2. The van der Waals surface area contributed by atoms with Gasteiger partial charge in [-0.25, -0.2) is 4.98 Å². The fraction of sp³-hybridized carbons (Fsp3) is 0.179. The Hall–Kier alpha value is -4.08. The Labute approximate surface area is 214 Å². The Balaban J connectivity index is 1.38. The first-order valence-electron chi connectivity index (χ1n) is 11.8. The fourth-order valence-electron chi connectivity index (χ4n) is 5.04. The average Bonchev–Trinajstić information content (AvgIpc) is 3.67. The molecular formula is C28H24N2O6S. The summed E-state index contributed by atoms with van der Waals surface area (Å²) in [5.74, 6) is 0.987. The Morgan fingerprint density at radius 2 is 1.57 bits per heavy atom. The maximum atomic E-state index is 13.4. The van der Waals surface area contributed by atoms with Crippen LogP contribution in [-0.2, 0) is 14.9 Å². The smallest absolute Gasteiger partial charge is 0.315 e. The quantitative estimate of drug-likeness (QED) is 0.363. The van der Waals surface area contributed by atoms with E-state index in [0.29, 0.717) is 5.75 Å². The average molecular weight is 517 g/mol. The highest BCUT2D eigenvalue weighted by Gasteiger charge is 2.53. The van der Waals surface area contributed by atoms with Gasteiger partial charge >= 0.3 is 10.1 Å². The third-order valence-corrected chi connectivity index (χ3v) is 8.40. The van der Waals surface area contributed by atoms with Crippen molar-refractivity contribution in [3.05, 3.63) is 103 Å². The second-order valence-corrected chi connectivity index (χ2v) is 10.7.